The number of pyridine rings is 1. The number of hydrogen-bond donors (Lipinski definition) is 1. The van der Waals surface area contributed by atoms with E-state index in [1.807, 2.05) is 42.5 Å². The average Bonchev–Trinajstić information content (AvgIpc) is 3.16. The summed E-state index contributed by atoms with van der Waals surface area (Å²) in [4.78, 5) is 17.6. The summed E-state index contributed by atoms with van der Waals surface area (Å²) >= 11 is 19.1. The number of fused-ring (bicyclic) bond motifs is 2. The molecule has 0 fully saturated rings. The molecule has 6 heteroatoms. The van der Waals surface area contributed by atoms with Gasteiger partial charge in [0.25, 0.3) is 5.91 Å². The molecule has 0 saturated carbocycles. The Hall–Kier alpha value is -2.59. The van der Waals surface area contributed by atoms with Gasteiger partial charge in [0.1, 0.15) is 0 Å². The second-order valence-electron chi connectivity index (χ2n) is 7.61. The molecule has 0 saturated heterocycles. The fraction of sp³-hybridized carbons (Fsp3) is 0.120. The van der Waals surface area contributed by atoms with Gasteiger partial charge >= 0.3 is 0 Å². The molecular weight excluding hydrogens is 451 g/mol. The standard InChI is InChI=1S/C25H17Cl3N2O/c26-16-10-15(11-17(27)12-16)19-6-3-7-20-23(28)21(13-29-24(19)20)25(31)30-22-9-8-14-4-1-2-5-18(14)22/h1-7,10-13,22H,8-9H2,(H,30,31). The van der Waals surface area contributed by atoms with Crippen molar-refractivity contribution in [2.24, 2.45) is 0 Å². The third kappa shape index (κ3) is 3.78. The monoisotopic (exact) mass is 466 g/mol. The number of aryl methyl sites for hydroxylation is 1. The summed E-state index contributed by atoms with van der Waals surface area (Å²) in [6, 6.07) is 19.2. The van der Waals surface area contributed by atoms with Crippen LogP contribution in [0.1, 0.15) is 33.9 Å². The number of carbonyl (C=O) groups excluding carboxylic acids is 1. The van der Waals surface area contributed by atoms with Gasteiger partial charge < -0.3 is 5.32 Å². The van der Waals surface area contributed by atoms with Crippen LogP contribution in [0, 0.1) is 0 Å². The van der Waals surface area contributed by atoms with Gasteiger partial charge in [-0.15, -0.1) is 0 Å². The molecule has 1 N–H and O–H groups in total. The van der Waals surface area contributed by atoms with Crippen LogP contribution < -0.4 is 5.32 Å². The van der Waals surface area contributed by atoms with Crippen molar-refractivity contribution in [2.75, 3.05) is 0 Å². The van der Waals surface area contributed by atoms with Crippen LogP contribution in [-0.2, 0) is 6.42 Å². The van der Waals surface area contributed by atoms with Crippen molar-refractivity contribution in [1.29, 1.82) is 0 Å². The molecule has 3 nitrogen and oxygen atoms in total. The second-order valence-corrected chi connectivity index (χ2v) is 8.86. The fourth-order valence-corrected chi connectivity index (χ4v) is 5.05. The van der Waals surface area contributed by atoms with Gasteiger partial charge in [-0.1, -0.05) is 77.3 Å². The van der Waals surface area contributed by atoms with Crippen LogP contribution in [0.15, 0.2) is 66.9 Å². The summed E-state index contributed by atoms with van der Waals surface area (Å²) < 4.78 is 0. The van der Waals surface area contributed by atoms with Gasteiger partial charge in [-0.3, -0.25) is 9.78 Å². The van der Waals surface area contributed by atoms with Gasteiger partial charge in [0.05, 0.1) is 22.1 Å². The molecule has 1 aliphatic rings. The average molecular weight is 468 g/mol. The maximum atomic E-state index is 13.0. The van der Waals surface area contributed by atoms with Crippen LogP contribution >= 0.6 is 34.8 Å². The van der Waals surface area contributed by atoms with Gasteiger partial charge in [-0.05, 0) is 47.7 Å². The highest BCUT2D eigenvalue weighted by Crippen LogP contribution is 2.36. The summed E-state index contributed by atoms with van der Waals surface area (Å²) in [5, 5.41) is 5.28. The molecule has 0 bridgehead atoms. The Kier molecular flexibility index (Phi) is 5.35. The predicted molar refractivity (Wildman–Crippen MR) is 127 cm³/mol. The molecule has 0 spiro atoms. The Bertz CT molecular complexity index is 1320. The summed E-state index contributed by atoms with van der Waals surface area (Å²) in [5.74, 6) is -0.225. The SMILES string of the molecule is O=C(NC1CCc2ccccc21)c1cnc2c(-c3cc(Cl)cc(Cl)c3)cccc2c1Cl. The molecule has 0 radical (unpaired) electrons. The predicted octanol–water partition coefficient (Wildman–Crippen LogP) is 7.28. The molecule has 0 aliphatic heterocycles. The third-order valence-electron chi connectivity index (χ3n) is 5.69. The molecular formula is C25H17Cl3N2O. The molecule has 4 aromatic rings. The van der Waals surface area contributed by atoms with Crippen molar-refractivity contribution in [1.82, 2.24) is 10.3 Å². The smallest absolute Gasteiger partial charge is 0.254 e. The molecule has 3 aromatic carbocycles. The lowest BCUT2D eigenvalue weighted by Crippen LogP contribution is -2.27. The first-order valence-electron chi connectivity index (χ1n) is 9.93. The Morgan fingerprint density at radius 1 is 0.968 bits per heavy atom. The molecule has 1 amide bonds. The molecule has 1 atom stereocenters. The van der Waals surface area contributed by atoms with E-state index >= 15 is 0 Å². The summed E-state index contributed by atoms with van der Waals surface area (Å²) in [7, 11) is 0. The van der Waals surface area contributed by atoms with Crippen LogP contribution in [0.25, 0.3) is 22.0 Å². The number of carbonyl (C=O) groups is 1. The Morgan fingerprint density at radius 3 is 2.55 bits per heavy atom. The van der Waals surface area contributed by atoms with E-state index in [4.69, 9.17) is 34.8 Å². The fourth-order valence-electron chi connectivity index (χ4n) is 4.23. The minimum absolute atomic E-state index is 0.0181. The zero-order valence-corrected chi connectivity index (χ0v) is 18.6. The second kappa shape index (κ2) is 8.16. The number of benzene rings is 3. The number of para-hydroxylation sites is 1. The molecule has 1 heterocycles. The number of nitrogens with one attached hydrogen (secondary N) is 1. The van der Waals surface area contributed by atoms with E-state index < -0.39 is 0 Å². The van der Waals surface area contributed by atoms with Crippen molar-refractivity contribution in [3.63, 3.8) is 0 Å². The van der Waals surface area contributed by atoms with Crippen molar-refractivity contribution < 1.29 is 4.79 Å². The maximum absolute atomic E-state index is 13.0. The molecule has 5 rings (SSSR count). The van der Waals surface area contributed by atoms with Crippen LogP contribution in [0.2, 0.25) is 15.1 Å². The summed E-state index contributed by atoms with van der Waals surface area (Å²) in [6.45, 7) is 0. The van der Waals surface area contributed by atoms with Gasteiger partial charge in [0.15, 0.2) is 0 Å². The topological polar surface area (TPSA) is 42.0 Å². The largest absolute Gasteiger partial charge is 0.345 e. The zero-order chi connectivity index (χ0) is 21.5. The van der Waals surface area contributed by atoms with Crippen molar-refractivity contribution >= 4 is 51.6 Å². The van der Waals surface area contributed by atoms with E-state index in [2.05, 4.69) is 22.4 Å². The lowest BCUT2D eigenvalue weighted by molar-refractivity contribution is 0.0936. The minimum Gasteiger partial charge on any atom is -0.345 e. The van der Waals surface area contributed by atoms with Gasteiger partial charge in [-0.25, -0.2) is 0 Å². The first-order valence-corrected chi connectivity index (χ1v) is 11.1. The number of halogens is 3. The highest BCUT2D eigenvalue weighted by atomic mass is 35.5. The van der Waals surface area contributed by atoms with Gasteiger partial charge in [0.2, 0.25) is 0 Å². The zero-order valence-electron chi connectivity index (χ0n) is 16.3. The van der Waals surface area contributed by atoms with Crippen LogP contribution in [0.5, 0.6) is 0 Å². The molecule has 1 aromatic heterocycles. The Labute approximate surface area is 195 Å². The van der Waals surface area contributed by atoms with Crippen molar-refractivity contribution in [3.05, 3.63) is 98.6 Å². The minimum atomic E-state index is -0.225. The molecule has 1 aliphatic carbocycles. The van der Waals surface area contributed by atoms with Crippen LogP contribution in [0.4, 0.5) is 0 Å². The number of amides is 1. The third-order valence-corrected chi connectivity index (χ3v) is 6.53. The quantitative estimate of drug-likeness (QED) is 0.344. The van der Waals surface area contributed by atoms with Crippen LogP contribution in [-0.4, -0.2) is 10.9 Å². The van der Waals surface area contributed by atoms with E-state index in [0.29, 0.717) is 31.5 Å². The van der Waals surface area contributed by atoms with Crippen molar-refractivity contribution in [2.45, 2.75) is 18.9 Å². The number of rotatable bonds is 3. The van der Waals surface area contributed by atoms with Crippen molar-refractivity contribution in [3.8, 4) is 11.1 Å². The molecule has 154 valence electrons. The lowest BCUT2D eigenvalue weighted by Gasteiger charge is -2.16. The van der Waals surface area contributed by atoms with E-state index in [1.165, 1.54) is 17.3 Å². The highest BCUT2D eigenvalue weighted by Gasteiger charge is 2.25. The lowest BCUT2D eigenvalue weighted by atomic mass is 10.0. The van der Waals surface area contributed by atoms with E-state index in [1.54, 1.807) is 6.07 Å². The van der Waals surface area contributed by atoms with Gasteiger partial charge in [0, 0.05) is 27.2 Å². The number of aromatic nitrogens is 1. The number of hydrogen-bond acceptors (Lipinski definition) is 2. The molecule has 1 unspecified atom stereocenters. The first-order chi connectivity index (χ1) is 15.0. The van der Waals surface area contributed by atoms with E-state index in [9.17, 15) is 4.79 Å². The molecule has 31 heavy (non-hydrogen) atoms. The maximum Gasteiger partial charge on any atom is 0.254 e. The highest BCUT2D eigenvalue weighted by molar-refractivity contribution is 6.39. The normalized spacial score (nSPS) is 15.1. The Morgan fingerprint density at radius 2 is 1.74 bits per heavy atom. The van der Waals surface area contributed by atoms with E-state index in [0.717, 1.165) is 24.0 Å². The van der Waals surface area contributed by atoms with Gasteiger partial charge in [-0.2, -0.15) is 0 Å². The summed E-state index contributed by atoms with van der Waals surface area (Å²) in [5.41, 5.74) is 5.18. The Balaban J connectivity index is 1.51. The first kappa shape index (κ1) is 20.3. The van der Waals surface area contributed by atoms with E-state index in [-0.39, 0.29) is 11.9 Å². The number of nitrogens with zero attached hydrogens (tertiary/aromatic N) is 1. The van der Waals surface area contributed by atoms with Crippen LogP contribution in [0.3, 0.4) is 0 Å². The summed E-state index contributed by atoms with van der Waals surface area (Å²) in [6.07, 6.45) is 3.37.